The first-order chi connectivity index (χ1) is 15.9. The number of carbonyl (C=O) groups is 2. The Labute approximate surface area is 194 Å². The average molecular weight is 452 g/mol. The lowest BCUT2D eigenvalue weighted by Gasteiger charge is -2.22. The van der Waals surface area contributed by atoms with Gasteiger partial charge in [0.25, 0.3) is 11.8 Å². The Bertz CT molecular complexity index is 1040. The van der Waals surface area contributed by atoms with Crippen LogP contribution in [0.15, 0.2) is 47.5 Å². The summed E-state index contributed by atoms with van der Waals surface area (Å²) in [4.78, 5) is 40.6. The van der Waals surface area contributed by atoms with Crippen molar-refractivity contribution in [3.05, 3.63) is 69.6 Å². The van der Waals surface area contributed by atoms with Gasteiger partial charge < -0.3 is 19.9 Å². The van der Waals surface area contributed by atoms with Gasteiger partial charge in [-0.15, -0.1) is 0 Å². The number of aliphatic hydroxyl groups excluding tert-OH is 1. The van der Waals surface area contributed by atoms with Crippen molar-refractivity contribution in [2.75, 3.05) is 20.1 Å². The van der Waals surface area contributed by atoms with Gasteiger partial charge in [0.05, 0.1) is 12.6 Å². The standard InChI is InChI=1S/C26H33N3O4/c1-28(17-23(30)19-10-6-3-7-11-19)26(33)22-16-29(20-12-13-20)15-21(24(22)31)25(32)27-14-18-8-4-2-5-9-18/h3,6-7,10-11,15-16,18,20,23,30H,2,4-5,8-9,12-14,17H2,1H3,(H,27,32)/t23-/m0/s1. The summed E-state index contributed by atoms with van der Waals surface area (Å²) in [5, 5.41) is 13.4. The van der Waals surface area contributed by atoms with Crippen LogP contribution < -0.4 is 10.7 Å². The molecular formula is C26H33N3O4. The molecule has 2 saturated carbocycles. The van der Waals surface area contributed by atoms with Gasteiger partial charge in [-0.05, 0) is 37.2 Å². The molecule has 0 bridgehead atoms. The third-order valence-electron chi connectivity index (χ3n) is 6.74. The molecule has 1 heterocycles. The van der Waals surface area contributed by atoms with Crippen LogP contribution in [-0.4, -0.2) is 46.5 Å². The number of nitrogens with zero attached hydrogens (tertiary/aromatic N) is 2. The van der Waals surface area contributed by atoms with Crippen molar-refractivity contribution in [2.45, 2.75) is 57.1 Å². The molecule has 1 aromatic carbocycles. The molecule has 4 rings (SSSR count). The fraction of sp³-hybridized carbons (Fsp3) is 0.500. The summed E-state index contributed by atoms with van der Waals surface area (Å²) in [6.07, 6.45) is 10.0. The highest BCUT2D eigenvalue weighted by Crippen LogP contribution is 2.34. The van der Waals surface area contributed by atoms with Gasteiger partial charge in [-0.1, -0.05) is 49.6 Å². The zero-order valence-electron chi connectivity index (χ0n) is 19.2. The third-order valence-corrected chi connectivity index (χ3v) is 6.74. The van der Waals surface area contributed by atoms with E-state index in [2.05, 4.69) is 5.32 Å². The van der Waals surface area contributed by atoms with Crippen molar-refractivity contribution in [1.82, 2.24) is 14.8 Å². The SMILES string of the molecule is CN(C[C@H](O)c1ccccc1)C(=O)c1cn(C2CC2)cc(C(=O)NCC2CCCCC2)c1=O. The van der Waals surface area contributed by atoms with Gasteiger partial charge in [-0.25, -0.2) is 0 Å². The van der Waals surface area contributed by atoms with E-state index in [-0.39, 0.29) is 23.7 Å². The van der Waals surface area contributed by atoms with E-state index in [0.29, 0.717) is 18.0 Å². The first-order valence-electron chi connectivity index (χ1n) is 12.0. The Balaban J connectivity index is 1.52. The maximum Gasteiger partial charge on any atom is 0.259 e. The number of carbonyl (C=O) groups excluding carboxylic acids is 2. The van der Waals surface area contributed by atoms with E-state index in [9.17, 15) is 19.5 Å². The van der Waals surface area contributed by atoms with E-state index in [1.165, 1.54) is 24.2 Å². The van der Waals surface area contributed by atoms with Gasteiger partial charge in [0.1, 0.15) is 11.1 Å². The van der Waals surface area contributed by atoms with E-state index in [1.54, 1.807) is 31.6 Å². The zero-order chi connectivity index (χ0) is 23.4. The number of aliphatic hydroxyl groups is 1. The number of hydrogen-bond acceptors (Lipinski definition) is 4. The van der Waals surface area contributed by atoms with Crippen LogP contribution in [0.25, 0.3) is 0 Å². The summed E-state index contributed by atoms with van der Waals surface area (Å²) in [7, 11) is 1.56. The zero-order valence-corrected chi connectivity index (χ0v) is 19.2. The quantitative estimate of drug-likeness (QED) is 0.644. The van der Waals surface area contributed by atoms with Crippen molar-refractivity contribution in [1.29, 1.82) is 0 Å². The fourth-order valence-corrected chi connectivity index (χ4v) is 4.55. The molecular weight excluding hydrogens is 418 g/mol. The Hall–Kier alpha value is -2.93. The lowest BCUT2D eigenvalue weighted by Crippen LogP contribution is -2.38. The number of rotatable bonds is 8. The number of hydrogen-bond donors (Lipinski definition) is 2. The predicted molar refractivity (Wildman–Crippen MR) is 126 cm³/mol. The van der Waals surface area contributed by atoms with Gasteiger partial charge in [0.15, 0.2) is 0 Å². The Morgan fingerprint density at radius 1 is 1.06 bits per heavy atom. The molecule has 2 aromatic rings. The van der Waals surface area contributed by atoms with Crippen LogP contribution in [0.1, 0.15) is 83.4 Å². The first kappa shape index (κ1) is 23.2. The van der Waals surface area contributed by atoms with E-state index in [4.69, 9.17) is 0 Å². The van der Waals surface area contributed by atoms with Crippen LogP contribution in [0.2, 0.25) is 0 Å². The summed E-state index contributed by atoms with van der Waals surface area (Å²) in [5.41, 5.74) is 0.123. The second kappa shape index (κ2) is 10.3. The lowest BCUT2D eigenvalue weighted by molar-refractivity contribution is 0.0679. The van der Waals surface area contributed by atoms with Gasteiger partial charge in [0.2, 0.25) is 5.43 Å². The maximum absolute atomic E-state index is 13.2. The van der Waals surface area contributed by atoms with Crippen LogP contribution >= 0.6 is 0 Å². The molecule has 2 N–H and O–H groups in total. The smallest absolute Gasteiger partial charge is 0.259 e. The van der Waals surface area contributed by atoms with Gasteiger partial charge in [-0.2, -0.15) is 0 Å². The summed E-state index contributed by atoms with van der Waals surface area (Å²) in [6.45, 7) is 0.604. The maximum atomic E-state index is 13.2. The molecule has 2 aliphatic carbocycles. The monoisotopic (exact) mass is 451 g/mol. The Morgan fingerprint density at radius 2 is 1.73 bits per heavy atom. The highest BCUT2D eigenvalue weighted by molar-refractivity contribution is 5.99. The van der Waals surface area contributed by atoms with Gasteiger partial charge in [-0.3, -0.25) is 14.4 Å². The minimum atomic E-state index is -0.868. The molecule has 0 saturated heterocycles. The second-order valence-electron chi connectivity index (χ2n) is 9.42. The molecule has 176 valence electrons. The molecule has 0 spiro atoms. The van der Waals surface area contributed by atoms with Crippen LogP contribution in [0.4, 0.5) is 0 Å². The molecule has 33 heavy (non-hydrogen) atoms. The predicted octanol–water partition coefficient (Wildman–Crippen LogP) is 3.30. The van der Waals surface area contributed by atoms with Crippen molar-refractivity contribution < 1.29 is 14.7 Å². The molecule has 1 aromatic heterocycles. The van der Waals surface area contributed by atoms with Crippen LogP contribution in [0, 0.1) is 5.92 Å². The Morgan fingerprint density at radius 3 is 2.39 bits per heavy atom. The molecule has 7 nitrogen and oxygen atoms in total. The van der Waals surface area contributed by atoms with Crippen LogP contribution in [0.3, 0.4) is 0 Å². The summed E-state index contributed by atoms with van der Waals surface area (Å²) < 4.78 is 1.83. The normalized spacial score (nSPS) is 17.4. The van der Waals surface area contributed by atoms with Crippen molar-refractivity contribution in [2.24, 2.45) is 5.92 Å². The highest BCUT2D eigenvalue weighted by atomic mass is 16.3. The second-order valence-corrected chi connectivity index (χ2v) is 9.42. The first-order valence-corrected chi connectivity index (χ1v) is 12.0. The number of nitrogens with one attached hydrogen (secondary N) is 1. The van der Waals surface area contributed by atoms with E-state index >= 15 is 0 Å². The number of amides is 2. The number of benzene rings is 1. The van der Waals surface area contributed by atoms with Gasteiger partial charge >= 0.3 is 0 Å². The lowest BCUT2D eigenvalue weighted by atomic mass is 9.89. The molecule has 7 heteroatoms. The molecule has 0 radical (unpaired) electrons. The van der Waals surface area contributed by atoms with Crippen molar-refractivity contribution in [3.8, 4) is 0 Å². The summed E-state index contributed by atoms with van der Waals surface area (Å²) in [5.74, 6) is -0.461. The molecule has 0 aliphatic heterocycles. The fourth-order valence-electron chi connectivity index (χ4n) is 4.55. The summed E-state index contributed by atoms with van der Waals surface area (Å²) >= 11 is 0. The van der Waals surface area contributed by atoms with Gasteiger partial charge in [0, 0.05) is 32.0 Å². The summed E-state index contributed by atoms with van der Waals surface area (Å²) in [6, 6.07) is 9.30. The van der Waals surface area contributed by atoms with E-state index in [1.807, 2.05) is 22.8 Å². The topological polar surface area (TPSA) is 91.6 Å². The van der Waals surface area contributed by atoms with Crippen LogP contribution in [0.5, 0.6) is 0 Å². The van der Waals surface area contributed by atoms with Crippen molar-refractivity contribution in [3.63, 3.8) is 0 Å². The third kappa shape index (κ3) is 5.71. The molecule has 2 amide bonds. The van der Waals surface area contributed by atoms with Crippen LogP contribution in [-0.2, 0) is 0 Å². The van der Waals surface area contributed by atoms with Crippen molar-refractivity contribution >= 4 is 11.8 Å². The minimum Gasteiger partial charge on any atom is -0.387 e. The van der Waals surface area contributed by atoms with E-state index in [0.717, 1.165) is 25.7 Å². The number of pyridine rings is 1. The molecule has 1 atom stereocenters. The molecule has 0 unspecified atom stereocenters. The van der Waals surface area contributed by atoms with E-state index < -0.39 is 23.3 Å². The minimum absolute atomic E-state index is 0.0144. The molecule has 2 aliphatic rings. The molecule has 2 fully saturated rings. The highest BCUT2D eigenvalue weighted by Gasteiger charge is 2.28. The number of likely N-dealkylation sites (N-methyl/N-ethyl adjacent to an activating group) is 1. The average Bonchev–Trinajstić information content (AvgIpc) is 3.69. The Kier molecular flexibility index (Phi) is 7.28. The number of aromatic nitrogens is 1. The largest absolute Gasteiger partial charge is 0.387 e.